The summed E-state index contributed by atoms with van der Waals surface area (Å²) in [5.74, 6) is 0. The largest absolute Gasteiger partial charge is 0.744 e. The summed E-state index contributed by atoms with van der Waals surface area (Å²) in [4.78, 5) is -0.185. The Morgan fingerprint density at radius 3 is 2.18 bits per heavy atom. The van der Waals surface area contributed by atoms with Gasteiger partial charge in [0.05, 0.1) is 31.7 Å². The lowest BCUT2D eigenvalue weighted by Crippen LogP contribution is -2.52. The molecule has 6 heteroatoms. The maximum absolute atomic E-state index is 10.3. The molecule has 1 aliphatic rings. The second-order valence-corrected chi connectivity index (χ2v) is 7.26. The van der Waals surface area contributed by atoms with Crippen molar-refractivity contribution in [1.29, 1.82) is 0 Å². The molecule has 0 N–H and O–H groups in total. The molecule has 0 amide bonds. The van der Waals surface area contributed by atoms with Crippen molar-refractivity contribution in [2.24, 2.45) is 0 Å². The molecule has 0 spiro atoms. The van der Waals surface area contributed by atoms with Crippen molar-refractivity contribution < 1.29 is 22.2 Å². The van der Waals surface area contributed by atoms with Crippen LogP contribution in [0.15, 0.2) is 35.2 Å². The first-order valence-corrected chi connectivity index (χ1v) is 9.20. The van der Waals surface area contributed by atoms with Crippen molar-refractivity contribution in [3.05, 3.63) is 30.3 Å². The maximum Gasteiger partial charge on any atom is 0.124 e. The van der Waals surface area contributed by atoms with Gasteiger partial charge in [0, 0.05) is 0 Å². The van der Waals surface area contributed by atoms with Gasteiger partial charge in [-0.1, -0.05) is 31.5 Å². The molecule has 0 unspecified atom stereocenters. The highest BCUT2D eigenvalue weighted by atomic mass is 32.2. The van der Waals surface area contributed by atoms with Gasteiger partial charge in [0.15, 0.2) is 0 Å². The first kappa shape index (κ1) is 19.1. The zero-order chi connectivity index (χ0) is 16.5. The summed E-state index contributed by atoms with van der Waals surface area (Å²) in [7, 11) is -1.89. The molecule has 1 aromatic rings. The summed E-state index contributed by atoms with van der Waals surface area (Å²) in [6.07, 6.45) is 4.10. The number of likely N-dealkylation sites (N-methyl/N-ethyl adjacent to an activating group) is 1. The van der Waals surface area contributed by atoms with Crippen LogP contribution in [0, 0.1) is 0 Å². The molecule has 1 aromatic carbocycles. The van der Waals surface area contributed by atoms with Crippen molar-refractivity contribution in [3.8, 4) is 0 Å². The molecule has 2 rings (SSSR count). The van der Waals surface area contributed by atoms with Crippen LogP contribution in [0.1, 0.15) is 26.2 Å². The van der Waals surface area contributed by atoms with E-state index in [1.165, 1.54) is 67.6 Å². The van der Waals surface area contributed by atoms with Gasteiger partial charge in [-0.3, -0.25) is 0 Å². The Hall–Kier alpha value is -0.950. The van der Waals surface area contributed by atoms with Gasteiger partial charge >= 0.3 is 0 Å². The van der Waals surface area contributed by atoms with Crippen LogP contribution in [0.3, 0.4) is 0 Å². The van der Waals surface area contributed by atoms with Crippen molar-refractivity contribution >= 4 is 10.1 Å². The molecular weight excluding hydrogens is 302 g/mol. The predicted octanol–water partition coefficient (Wildman–Crippen LogP) is 2.24. The lowest BCUT2D eigenvalue weighted by molar-refractivity contribution is -0.917. The van der Waals surface area contributed by atoms with E-state index in [0.29, 0.717) is 0 Å². The third-order valence-corrected chi connectivity index (χ3v) is 4.73. The van der Waals surface area contributed by atoms with Crippen LogP contribution in [0.4, 0.5) is 0 Å². The van der Waals surface area contributed by atoms with Gasteiger partial charge in [-0.05, 0) is 25.0 Å². The fraction of sp³-hybridized carbons (Fsp3) is 0.625. The van der Waals surface area contributed by atoms with Crippen LogP contribution in [0.2, 0.25) is 0 Å². The molecule has 0 saturated carbocycles. The van der Waals surface area contributed by atoms with E-state index in [1.54, 1.807) is 6.07 Å². The summed E-state index contributed by atoms with van der Waals surface area (Å²) in [6, 6.07) is 7.19. The summed E-state index contributed by atoms with van der Waals surface area (Å²) in [5, 5.41) is 0. The average molecular weight is 329 g/mol. The van der Waals surface area contributed by atoms with Crippen LogP contribution in [0.25, 0.3) is 0 Å². The van der Waals surface area contributed by atoms with Gasteiger partial charge in [0.2, 0.25) is 0 Å². The Kier molecular flexibility index (Phi) is 8.03. The third kappa shape index (κ3) is 7.35. The molecule has 1 heterocycles. The Morgan fingerprint density at radius 2 is 1.73 bits per heavy atom. The van der Waals surface area contributed by atoms with Gasteiger partial charge in [-0.15, -0.1) is 0 Å². The minimum Gasteiger partial charge on any atom is -0.744 e. The molecule has 126 valence electrons. The van der Waals surface area contributed by atoms with Crippen LogP contribution < -0.4 is 0 Å². The molecule has 1 aliphatic heterocycles. The monoisotopic (exact) mass is 329 g/mol. The van der Waals surface area contributed by atoms with E-state index in [2.05, 4.69) is 14.0 Å². The number of quaternary nitrogens is 1. The van der Waals surface area contributed by atoms with E-state index in [9.17, 15) is 13.0 Å². The van der Waals surface area contributed by atoms with Gasteiger partial charge in [-0.25, -0.2) is 8.42 Å². The fourth-order valence-corrected chi connectivity index (χ4v) is 2.83. The first-order valence-electron chi connectivity index (χ1n) is 7.80. The molecule has 22 heavy (non-hydrogen) atoms. The summed E-state index contributed by atoms with van der Waals surface area (Å²) in [6.45, 7) is 7.95. The summed E-state index contributed by atoms with van der Waals surface area (Å²) in [5.41, 5.74) is 0. The van der Waals surface area contributed by atoms with Gasteiger partial charge in [0.25, 0.3) is 0 Å². The third-order valence-electron chi connectivity index (χ3n) is 3.88. The number of rotatable bonds is 5. The van der Waals surface area contributed by atoms with Crippen molar-refractivity contribution in [1.82, 2.24) is 0 Å². The Labute approximate surface area is 134 Å². The molecule has 1 fully saturated rings. The molecule has 0 bridgehead atoms. The number of hydrogen-bond acceptors (Lipinski definition) is 4. The number of ether oxygens (including phenoxy) is 1. The predicted molar refractivity (Wildman–Crippen MR) is 85.5 cm³/mol. The fourth-order valence-electron chi connectivity index (χ4n) is 2.34. The smallest absolute Gasteiger partial charge is 0.124 e. The van der Waals surface area contributed by atoms with Crippen molar-refractivity contribution in [3.63, 3.8) is 0 Å². The lowest BCUT2D eigenvalue weighted by atomic mass is 10.2. The van der Waals surface area contributed by atoms with Crippen molar-refractivity contribution in [2.75, 3.05) is 39.9 Å². The average Bonchev–Trinajstić information content (AvgIpc) is 2.49. The molecule has 0 atom stereocenters. The molecule has 0 aromatic heterocycles. The minimum absolute atomic E-state index is 0.185. The lowest BCUT2D eigenvalue weighted by Gasteiger charge is -2.37. The van der Waals surface area contributed by atoms with E-state index in [1.807, 2.05) is 0 Å². The van der Waals surface area contributed by atoms with Gasteiger partial charge in [-0.2, -0.15) is 0 Å². The minimum atomic E-state index is -4.25. The standard InChI is InChI=1S/C10H22NO.C6H6O3S/c1-3-4-5-6-11(2)7-9-12-10-8-11;7-10(8,9)6-4-2-1-3-5-6/h3-10H2,1-2H3;1-5H,(H,7,8,9)/q+1;/p-1. The topological polar surface area (TPSA) is 66.4 Å². The zero-order valence-corrected chi connectivity index (χ0v) is 14.3. The molecular formula is C16H27NO4S. The number of nitrogens with zero attached hydrogens (tertiary/aromatic N) is 1. The summed E-state index contributed by atoms with van der Waals surface area (Å²) < 4.78 is 37.4. The highest BCUT2D eigenvalue weighted by Gasteiger charge is 2.23. The highest BCUT2D eigenvalue weighted by Crippen LogP contribution is 2.10. The Bertz CT molecular complexity index is 510. The van der Waals surface area contributed by atoms with Crippen LogP contribution in [-0.4, -0.2) is 57.3 Å². The second kappa shape index (κ2) is 9.25. The molecule has 5 nitrogen and oxygen atoms in total. The van der Waals surface area contributed by atoms with Gasteiger partial charge in [0.1, 0.15) is 23.2 Å². The Balaban J connectivity index is 0.000000224. The Morgan fingerprint density at radius 1 is 1.14 bits per heavy atom. The zero-order valence-electron chi connectivity index (χ0n) is 13.5. The van der Waals surface area contributed by atoms with Crippen LogP contribution in [-0.2, 0) is 14.9 Å². The van der Waals surface area contributed by atoms with E-state index in [-0.39, 0.29) is 4.90 Å². The second-order valence-electron chi connectivity index (χ2n) is 5.88. The van der Waals surface area contributed by atoms with E-state index < -0.39 is 10.1 Å². The number of unbranched alkanes of at least 4 members (excludes halogenated alkanes) is 2. The van der Waals surface area contributed by atoms with Crippen molar-refractivity contribution in [2.45, 2.75) is 31.1 Å². The molecule has 1 saturated heterocycles. The number of hydrogen-bond donors (Lipinski definition) is 0. The van der Waals surface area contributed by atoms with E-state index in [0.717, 1.165) is 13.2 Å². The summed E-state index contributed by atoms with van der Waals surface area (Å²) >= 11 is 0. The van der Waals surface area contributed by atoms with Crippen LogP contribution in [0.5, 0.6) is 0 Å². The highest BCUT2D eigenvalue weighted by molar-refractivity contribution is 7.85. The number of morpholine rings is 1. The number of benzene rings is 1. The maximum atomic E-state index is 10.3. The van der Waals surface area contributed by atoms with E-state index in [4.69, 9.17) is 4.74 Å². The molecule has 0 aliphatic carbocycles. The van der Waals surface area contributed by atoms with Crippen LogP contribution >= 0.6 is 0 Å². The normalized spacial score (nSPS) is 17.4. The quantitative estimate of drug-likeness (QED) is 0.472. The van der Waals surface area contributed by atoms with Gasteiger partial charge < -0.3 is 13.8 Å². The van der Waals surface area contributed by atoms with E-state index >= 15 is 0 Å². The molecule has 0 radical (unpaired) electrons. The first-order chi connectivity index (χ1) is 10.4. The SMILES string of the molecule is CCCCC[N+]1(C)CCOCC1.O=S(=O)([O-])c1ccccc1.